The molecule has 0 spiro atoms. The third-order valence-electron chi connectivity index (χ3n) is 4.45. The number of carbonyl (C=O) groups excluding carboxylic acids is 2. The van der Waals surface area contributed by atoms with Gasteiger partial charge in [0.2, 0.25) is 11.8 Å². The zero-order chi connectivity index (χ0) is 18.7. The lowest BCUT2D eigenvalue weighted by Gasteiger charge is -2.37. The first-order valence-corrected chi connectivity index (χ1v) is 9.12. The Morgan fingerprint density at radius 3 is 2.92 bits per heavy atom. The van der Waals surface area contributed by atoms with Crippen LogP contribution < -0.4 is 5.32 Å². The number of oxazole rings is 1. The molecule has 1 aromatic heterocycles. The van der Waals surface area contributed by atoms with Crippen molar-refractivity contribution in [3.05, 3.63) is 41.4 Å². The molecular weight excluding hydrogens is 354 g/mol. The summed E-state index contributed by atoms with van der Waals surface area (Å²) in [6.45, 7) is 4.91. The highest BCUT2D eigenvalue weighted by molar-refractivity contribution is 6.33. The molecule has 1 aliphatic heterocycles. The van der Waals surface area contributed by atoms with Gasteiger partial charge in [0.15, 0.2) is 11.7 Å². The number of amides is 2. The minimum absolute atomic E-state index is 0.0592. The van der Waals surface area contributed by atoms with Crippen LogP contribution in [0.4, 0.5) is 0 Å². The lowest BCUT2D eigenvalue weighted by molar-refractivity contribution is -0.145. The lowest BCUT2D eigenvalue weighted by atomic mass is 9.99. The SMILES string of the molecule is CC(C)C1C(=O)NCCN1C(=O)CCc1ncc(-c2ccccc2Cl)o1. The van der Waals surface area contributed by atoms with Crippen LogP contribution in [0.15, 0.2) is 34.9 Å². The van der Waals surface area contributed by atoms with Crippen molar-refractivity contribution in [2.75, 3.05) is 13.1 Å². The molecule has 0 bridgehead atoms. The molecule has 0 saturated carbocycles. The molecule has 1 aromatic carbocycles. The Labute approximate surface area is 157 Å². The number of halogens is 1. The first kappa shape index (κ1) is 18.5. The number of nitrogens with zero attached hydrogens (tertiary/aromatic N) is 2. The first-order chi connectivity index (χ1) is 12.5. The van der Waals surface area contributed by atoms with Crippen LogP contribution in [0.2, 0.25) is 5.02 Å². The third-order valence-corrected chi connectivity index (χ3v) is 4.78. The van der Waals surface area contributed by atoms with Crippen molar-refractivity contribution < 1.29 is 14.0 Å². The molecular formula is C19H22ClN3O3. The molecule has 6 nitrogen and oxygen atoms in total. The van der Waals surface area contributed by atoms with Gasteiger partial charge < -0.3 is 14.6 Å². The van der Waals surface area contributed by atoms with Crippen molar-refractivity contribution in [3.63, 3.8) is 0 Å². The minimum atomic E-state index is -0.417. The van der Waals surface area contributed by atoms with Gasteiger partial charge >= 0.3 is 0 Å². The molecule has 2 heterocycles. The Bertz CT molecular complexity index is 803. The smallest absolute Gasteiger partial charge is 0.243 e. The van der Waals surface area contributed by atoms with Gasteiger partial charge in [0.05, 0.1) is 11.2 Å². The largest absolute Gasteiger partial charge is 0.441 e. The molecule has 2 aromatic rings. The molecule has 0 aliphatic carbocycles. The van der Waals surface area contributed by atoms with E-state index < -0.39 is 6.04 Å². The number of aromatic nitrogens is 1. The van der Waals surface area contributed by atoms with Crippen molar-refractivity contribution in [2.24, 2.45) is 5.92 Å². The standard InChI is InChI=1S/C19H22ClN3O3/c1-12(2)18-19(25)21-9-10-23(18)17(24)8-7-16-22-11-15(26-16)13-5-3-4-6-14(13)20/h3-6,11-12,18H,7-10H2,1-2H3,(H,21,25). The van der Waals surface area contributed by atoms with Gasteiger partial charge in [-0.3, -0.25) is 9.59 Å². The quantitative estimate of drug-likeness (QED) is 0.871. The Hall–Kier alpha value is -2.34. The maximum atomic E-state index is 12.6. The van der Waals surface area contributed by atoms with Crippen LogP contribution in [-0.2, 0) is 16.0 Å². The van der Waals surface area contributed by atoms with Gasteiger partial charge in [0, 0.05) is 31.5 Å². The summed E-state index contributed by atoms with van der Waals surface area (Å²) in [5.74, 6) is 0.979. The van der Waals surface area contributed by atoms with E-state index in [4.69, 9.17) is 16.0 Å². The maximum absolute atomic E-state index is 12.6. The summed E-state index contributed by atoms with van der Waals surface area (Å²) in [6.07, 6.45) is 2.25. The first-order valence-electron chi connectivity index (χ1n) is 8.74. The number of hydrogen-bond acceptors (Lipinski definition) is 4. The van der Waals surface area contributed by atoms with Crippen molar-refractivity contribution in [3.8, 4) is 11.3 Å². The van der Waals surface area contributed by atoms with E-state index in [0.29, 0.717) is 36.2 Å². The lowest BCUT2D eigenvalue weighted by Crippen LogP contribution is -2.59. The molecule has 1 N–H and O–H groups in total. The third kappa shape index (κ3) is 3.90. The van der Waals surface area contributed by atoms with Crippen LogP contribution in [0.5, 0.6) is 0 Å². The Morgan fingerprint density at radius 1 is 1.42 bits per heavy atom. The van der Waals surface area contributed by atoms with Gasteiger partial charge in [0.1, 0.15) is 6.04 Å². The van der Waals surface area contributed by atoms with E-state index in [-0.39, 0.29) is 24.2 Å². The van der Waals surface area contributed by atoms with Crippen molar-refractivity contribution in [2.45, 2.75) is 32.7 Å². The second kappa shape index (κ2) is 7.91. The van der Waals surface area contributed by atoms with Gasteiger partial charge in [-0.2, -0.15) is 0 Å². The van der Waals surface area contributed by atoms with E-state index in [1.807, 2.05) is 32.0 Å². The van der Waals surface area contributed by atoms with Crippen LogP contribution in [0.25, 0.3) is 11.3 Å². The number of carbonyl (C=O) groups is 2. The number of nitrogens with one attached hydrogen (secondary N) is 1. The molecule has 1 unspecified atom stereocenters. The van der Waals surface area contributed by atoms with Crippen molar-refractivity contribution in [1.82, 2.24) is 15.2 Å². The fraction of sp³-hybridized carbons (Fsp3) is 0.421. The number of benzene rings is 1. The molecule has 26 heavy (non-hydrogen) atoms. The van der Waals surface area contributed by atoms with Gasteiger partial charge in [-0.15, -0.1) is 0 Å². The molecule has 1 saturated heterocycles. The number of rotatable bonds is 5. The monoisotopic (exact) mass is 375 g/mol. The Kier molecular flexibility index (Phi) is 5.61. The highest BCUT2D eigenvalue weighted by Crippen LogP contribution is 2.28. The summed E-state index contributed by atoms with van der Waals surface area (Å²) in [6, 6.07) is 6.95. The summed E-state index contributed by atoms with van der Waals surface area (Å²) in [5, 5.41) is 3.41. The van der Waals surface area contributed by atoms with Crippen LogP contribution in [0, 0.1) is 5.92 Å². The van der Waals surface area contributed by atoms with E-state index in [2.05, 4.69) is 10.3 Å². The molecule has 7 heteroatoms. The predicted molar refractivity (Wildman–Crippen MR) is 98.6 cm³/mol. The summed E-state index contributed by atoms with van der Waals surface area (Å²) in [4.78, 5) is 30.6. The molecule has 1 atom stereocenters. The highest BCUT2D eigenvalue weighted by Gasteiger charge is 2.34. The predicted octanol–water partition coefficient (Wildman–Crippen LogP) is 2.91. The maximum Gasteiger partial charge on any atom is 0.243 e. The average Bonchev–Trinajstić information content (AvgIpc) is 3.08. The molecule has 138 valence electrons. The summed E-state index contributed by atoms with van der Waals surface area (Å²) >= 11 is 6.17. The molecule has 2 amide bonds. The number of hydrogen-bond donors (Lipinski definition) is 1. The normalized spacial score (nSPS) is 17.5. The fourth-order valence-corrected chi connectivity index (χ4v) is 3.42. The zero-order valence-corrected chi connectivity index (χ0v) is 15.6. The Morgan fingerprint density at radius 2 is 2.19 bits per heavy atom. The van der Waals surface area contributed by atoms with Crippen LogP contribution in [-0.4, -0.2) is 40.8 Å². The van der Waals surface area contributed by atoms with E-state index in [9.17, 15) is 9.59 Å². The van der Waals surface area contributed by atoms with E-state index in [1.54, 1.807) is 17.2 Å². The highest BCUT2D eigenvalue weighted by atomic mass is 35.5. The minimum Gasteiger partial charge on any atom is -0.441 e. The van der Waals surface area contributed by atoms with Gasteiger partial charge in [0.25, 0.3) is 0 Å². The van der Waals surface area contributed by atoms with E-state index >= 15 is 0 Å². The van der Waals surface area contributed by atoms with Gasteiger partial charge in [-0.05, 0) is 18.1 Å². The molecule has 0 radical (unpaired) electrons. The summed E-state index contributed by atoms with van der Waals surface area (Å²) in [5.41, 5.74) is 0.770. The van der Waals surface area contributed by atoms with Crippen LogP contribution in [0.1, 0.15) is 26.2 Å². The van der Waals surface area contributed by atoms with Crippen LogP contribution >= 0.6 is 11.6 Å². The van der Waals surface area contributed by atoms with Crippen LogP contribution in [0.3, 0.4) is 0 Å². The topological polar surface area (TPSA) is 75.4 Å². The van der Waals surface area contributed by atoms with E-state index in [1.165, 1.54) is 0 Å². The second-order valence-corrected chi connectivity index (χ2v) is 7.07. The van der Waals surface area contributed by atoms with Crippen molar-refractivity contribution in [1.29, 1.82) is 0 Å². The second-order valence-electron chi connectivity index (χ2n) is 6.67. The number of piperazine rings is 1. The average molecular weight is 376 g/mol. The summed E-state index contributed by atoms with van der Waals surface area (Å²) in [7, 11) is 0. The zero-order valence-electron chi connectivity index (χ0n) is 14.9. The Balaban J connectivity index is 1.65. The summed E-state index contributed by atoms with van der Waals surface area (Å²) < 4.78 is 5.74. The van der Waals surface area contributed by atoms with Crippen molar-refractivity contribution >= 4 is 23.4 Å². The van der Waals surface area contributed by atoms with Gasteiger partial charge in [-0.25, -0.2) is 4.98 Å². The number of aryl methyl sites for hydroxylation is 1. The molecule has 1 fully saturated rings. The molecule has 3 rings (SSSR count). The van der Waals surface area contributed by atoms with E-state index in [0.717, 1.165) is 5.56 Å². The molecule has 1 aliphatic rings. The fourth-order valence-electron chi connectivity index (χ4n) is 3.20. The van der Waals surface area contributed by atoms with Gasteiger partial charge in [-0.1, -0.05) is 37.6 Å².